The van der Waals surface area contributed by atoms with Gasteiger partial charge in [0.2, 0.25) is 5.91 Å². The second-order valence-corrected chi connectivity index (χ2v) is 6.63. The summed E-state index contributed by atoms with van der Waals surface area (Å²) in [4.78, 5) is 16.5. The van der Waals surface area contributed by atoms with Crippen LogP contribution in [0.15, 0.2) is 0 Å². The summed E-state index contributed by atoms with van der Waals surface area (Å²) in [5.41, 5.74) is 5.96. The van der Waals surface area contributed by atoms with Crippen molar-refractivity contribution in [2.45, 2.75) is 31.4 Å². The second kappa shape index (κ2) is 8.22. The van der Waals surface area contributed by atoms with E-state index >= 15 is 0 Å². The van der Waals surface area contributed by atoms with Crippen LogP contribution in [-0.2, 0) is 9.53 Å². The quantitative estimate of drug-likeness (QED) is 0.769. The number of hydrogen-bond donors (Lipinski definition) is 1. The molecule has 0 saturated carbocycles. The summed E-state index contributed by atoms with van der Waals surface area (Å²) in [7, 11) is 0. The van der Waals surface area contributed by atoms with Gasteiger partial charge in [0.15, 0.2) is 0 Å². The zero-order valence-corrected chi connectivity index (χ0v) is 13.2. The third kappa shape index (κ3) is 4.62. The average molecular weight is 301 g/mol. The van der Waals surface area contributed by atoms with E-state index in [4.69, 9.17) is 10.5 Å². The molecule has 0 radical (unpaired) electrons. The molecule has 0 aromatic carbocycles. The van der Waals surface area contributed by atoms with Gasteiger partial charge in [-0.25, -0.2) is 0 Å². The molecule has 116 valence electrons. The molecule has 5 nitrogen and oxygen atoms in total. The van der Waals surface area contributed by atoms with E-state index < -0.39 is 0 Å². The molecule has 2 aliphatic rings. The zero-order valence-electron chi connectivity index (χ0n) is 12.4. The fourth-order valence-electron chi connectivity index (χ4n) is 2.83. The van der Waals surface area contributed by atoms with Crippen molar-refractivity contribution in [3.63, 3.8) is 0 Å². The third-order valence-electron chi connectivity index (χ3n) is 4.12. The van der Waals surface area contributed by atoms with Crippen molar-refractivity contribution in [1.82, 2.24) is 9.80 Å². The van der Waals surface area contributed by atoms with Gasteiger partial charge >= 0.3 is 0 Å². The Bertz CT molecular complexity index is 303. The molecular weight excluding hydrogens is 274 g/mol. The Kier molecular flexibility index (Phi) is 6.61. The van der Waals surface area contributed by atoms with Gasteiger partial charge in [0.05, 0.1) is 12.1 Å². The topological polar surface area (TPSA) is 58.8 Å². The molecule has 2 fully saturated rings. The van der Waals surface area contributed by atoms with E-state index in [-0.39, 0.29) is 11.9 Å². The maximum Gasteiger partial charge on any atom is 0.239 e. The fourth-order valence-corrected chi connectivity index (χ4v) is 3.32. The Morgan fingerprint density at radius 3 is 2.75 bits per heavy atom. The van der Waals surface area contributed by atoms with E-state index in [9.17, 15) is 4.79 Å². The molecule has 1 unspecified atom stereocenters. The minimum absolute atomic E-state index is 0.121. The van der Waals surface area contributed by atoms with Crippen molar-refractivity contribution < 1.29 is 9.53 Å². The molecule has 0 aliphatic carbocycles. The van der Waals surface area contributed by atoms with Crippen LogP contribution >= 0.6 is 11.8 Å². The summed E-state index contributed by atoms with van der Waals surface area (Å²) in [5.74, 6) is 1.07. The molecule has 1 amide bonds. The average Bonchev–Trinajstić information content (AvgIpc) is 2.97. The molecule has 2 aliphatic heterocycles. The second-order valence-electron chi connectivity index (χ2n) is 5.65. The number of thioether (sulfide) groups is 1. The standard InChI is InChI=1S/C14H27N3O2S/c1-20-10-4-13(15)14(18)17-7-5-16(6-8-17)11-12-3-2-9-19-12/h12-13H,2-11,15H2,1H3/t12?,13-/m1/s1. The first-order valence-corrected chi connectivity index (χ1v) is 8.97. The lowest BCUT2D eigenvalue weighted by molar-refractivity contribution is -0.134. The summed E-state index contributed by atoms with van der Waals surface area (Å²) in [6.45, 7) is 5.42. The molecule has 0 spiro atoms. The first-order valence-electron chi connectivity index (χ1n) is 7.58. The molecular formula is C14H27N3O2S. The van der Waals surface area contributed by atoms with E-state index in [0.29, 0.717) is 6.10 Å². The number of nitrogens with zero attached hydrogens (tertiary/aromatic N) is 2. The molecule has 2 atom stereocenters. The molecule has 2 saturated heterocycles. The van der Waals surface area contributed by atoms with Gasteiger partial charge in [-0.05, 0) is 31.3 Å². The maximum absolute atomic E-state index is 12.2. The van der Waals surface area contributed by atoms with Crippen molar-refractivity contribution in [2.24, 2.45) is 5.73 Å². The summed E-state index contributed by atoms with van der Waals surface area (Å²) < 4.78 is 5.67. The van der Waals surface area contributed by atoms with Gasteiger partial charge in [-0.1, -0.05) is 0 Å². The van der Waals surface area contributed by atoms with Gasteiger partial charge in [-0.3, -0.25) is 9.69 Å². The molecule has 2 N–H and O–H groups in total. The third-order valence-corrected chi connectivity index (χ3v) is 4.76. The number of nitrogens with two attached hydrogens (primary N) is 1. The van der Waals surface area contributed by atoms with E-state index in [1.807, 2.05) is 11.2 Å². The Balaban J connectivity index is 1.68. The highest BCUT2D eigenvalue weighted by Crippen LogP contribution is 2.15. The molecule has 0 aromatic rings. The highest BCUT2D eigenvalue weighted by molar-refractivity contribution is 7.98. The molecule has 0 aromatic heterocycles. The number of carbonyl (C=O) groups excluding carboxylic acids is 1. The zero-order chi connectivity index (χ0) is 14.4. The molecule has 0 bridgehead atoms. The normalized spacial score (nSPS) is 25.9. The number of hydrogen-bond acceptors (Lipinski definition) is 5. The van der Waals surface area contributed by atoms with E-state index in [2.05, 4.69) is 4.90 Å². The molecule has 6 heteroatoms. The van der Waals surface area contributed by atoms with Crippen molar-refractivity contribution in [2.75, 3.05) is 51.3 Å². The highest BCUT2D eigenvalue weighted by atomic mass is 32.2. The summed E-state index contributed by atoms with van der Waals surface area (Å²) in [6.07, 6.45) is 5.59. The molecule has 20 heavy (non-hydrogen) atoms. The Hall–Kier alpha value is -0.300. The summed E-state index contributed by atoms with van der Waals surface area (Å²) >= 11 is 1.74. The van der Waals surface area contributed by atoms with Crippen LogP contribution < -0.4 is 5.73 Å². The van der Waals surface area contributed by atoms with Crippen molar-refractivity contribution in [1.29, 1.82) is 0 Å². The molecule has 2 rings (SSSR count). The number of carbonyl (C=O) groups is 1. The van der Waals surface area contributed by atoms with Gasteiger partial charge in [0.1, 0.15) is 0 Å². The number of amides is 1. The first-order chi connectivity index (χ1) is 9.70. The predicted molar refractivity (Wildman–Crippen MR) is 83.0 cm³/mol. The van der Waals surface area contributed by atoms with Crippen LogP contribution in [0, 0.1) is 0 Å². The van der Waals surface area contributed by atoms with Gasteiger partial charge < -0.3 is 15.4 Å². The van der Waals surface area contributed by atoms with Crippen LogP contribution in [-0.4, -0.2) is 79.2 Å². The Morgan fingerprint density at radius 1 is 1.40 bits per heavy atom. The lowest BCUT2D eigenvalue weighted by Gasteiger charge is -2.36. The lowest BCUT2D eigenvalue weighted by Crippen LogP contribution is -2.54. The number of rotatable bonds is 6. The Labute approximate surface area is 126 Å². The van der Waals surface area contributed by atoms with Crippen LogP contribution in [0.3, 0.4) is 0 Å². The maximum atomic E-state index is 12.2. The number of ether oxygens (including phenoxy) is 1. The van der Waals surface area contributed by atoms with Crippen molar-refractivity contribution >= 4 is 17.7 Å². The first kappa shape index (κ1) is 16.1. The van der Waals surface area contributed by atoms with Crippen LogP contribution in [0.25, 0.3) is 0 Å². The van der Waals surface area contributed by atoms with Gasteiger partial charge in [0, 0.05) is 39.3 Å². The van der Waals surface area contributed by atoms with Crippen molar-refractivity contribution in [3.05, 3.63) is 0 Å². The minimum atomic E-state index is -0.327. The molecule has 2 heterocycles. The number of piperazine rings is 1. The van der Waals surface area contributed by atoms with Gasteiger partial charge in [-0.2, -0.15) is 11.8 Å². The van der Waals surface area contributed by atoms with Crippen LogP contribution in [0.2, 0.25) is 0 Å². The van der Waals surface area contributed by atoms with E-state index in [1.54, 1.807) is 11.8 Å². The summed E-state index contributed by atoms with van der Waals surface area (Å²) in [5, 5.41) is 0. The SMILES string of the molecule is CSCC[C@@H](N)C(=O)N1CCN(CC2CCCO2)CC1. The van der Waals surface area contributed by atoms with Gasteiger partial charge in [-0.15, -0.1) is 0 Å². The highest BCUT2D eigenvalue weighted by Gasteiger charge is 2.27. The fraction of sp³-hybridized carbons (Fsp3) is 0.929. The predicted octanol–water partition coefficient (Wildman–Crippen LogP) is 0.390. The smallest absolute Gasteiger partial charge is 0.239 e. The van der Waals surface area contributed by atoms with E-state index in [1.165, 1.54) is 12.8 Å². The largest absolute Gasteiger partial charge is 0.377 e. The van der Waals surface area contributed by atoms with Crippen LogP contribution in [0.4, 0.5) is 0 Å². The minimum Gasteiger partial charge on any atom is -0.377 e. The van der Waals surface area contributed by atoms with E-state index in [0.717, 1.165) is 51.5 Å². The van der Waals surface area contributed by atoms with Crippen molar-refractivity contribution in [3.8, 4) is 0 Å². The van der Waals surface area contributed by atoms with Gasteiger partial charge in [0.25, 0.3) is 0 Å². The monoisotopic (exact) mass is 301 g/mol. The lowest BCUT2D eigenvalue weighted by atomic mass is 10.1. The Morgan fingerprint density at radius 2 is 2.15 bits per heavy atom. The van der Waals surface area contributed by atoms with Crippen LogP contribution in [0.1, 0.15) is 19.3 Å². The summed E-state index contributed by atoms with van der Waals surface area (Å²) in [6, 6.07) is -0.327. The van der Waals surface area contributed by atoms with Crippen LogP contribution in [0.5, 0.6) is 0 Å².